The standard InChI is InChI=1S/C32H28N2O4/c1-36-31-19-27(14-17-30(31)38-22-26-10-6-3-7-11-26)23-37-29-15-12-24(13-16-29)18-28(20-33)32(35)34-21-25-8-4-2-5-9-25/h2-19H,21-23H2,1H3,(H,34,35)/b28-18+. The fourth-order valence-electron chi connectivity index (χ4n) is 3.67. The molecular formula is C32H28N2O4. The van der Waals surface area contributed by atoms with E-state index < -0.39 is 5.91 Å². The quantitative estimate of drug-likeness (QED) is 0.198. The molecule has 0 aliphatic carbocycles. The lowest BCUT2D eigenvalue weighted by molar-refractivity contribution is -0.117. The molecule has 0 saturated carbocycles. The number of carbonyl (C=O) groups is 1. The molecule has 190 valence electrons. The number of nitriles is 1. The highest BCUT2D eigenvalue weighted by Crippen LogP contribution is 2.29. The number of methoxy groups -OCH3 is 1. The van der Waals surface area contributed by atoms with Crippen LogP contribution in [-0.2, 0) is 24.6 Å². The van der Waals surface area contributed by atoms with Crippen LogP contribution in [0.25, 0.3) is 6.08 Å². The van der Waals surface area contributed by atoms with E-state index in [-0.39, 0.29) is 5.57 Å². The summed E-state index contributed by atoms with van der Waals surface area (Å²) in [6.45, 7) is 1.16. The van der Waals surface area contributed by atoms with Crippen LogP contribution in [0.15, 0.2) is 109 Å². The summed E-state index contributed by atoms with van der Waals surface area (Å²) >= 11 is 0. The molecule has 0 atom stereocenters. The first-order chi connectivity index (χ1) is 18.6. The molecule has 0 heterocycles. The molecule has 0 aliphatic rings. The van der Waals surface area contributed by atoms with Gasteiger partial charge in [-0.1, -0.05) is 78.9 Å². The van der Waals surface area contributed by atoms with Gasteiger partial charge in [-0.3, -0.25) is 4.79 Å². The zero-order chi connectivity index (χ0) is 26.6. The van der Waals surface area contributed by atoms with E-state index in [1.165, 1.54) is 0 Å². The minimum Gasteiger partial charge on any atom is -0.493 e. The van der Waals surface area contributed by atoms with Gasteiger partial charge in [0.2, 0.25) is 0 Å². The molecule has 0 radical (unpaired) electrons. The molecule has 0 unspecified atom stereocenters. The molecular weight excluding hydrogens is 476 g/mol. The third-order valence-electron chi connectivity index (χ3n) is 5.72. The Hall–Kier alpha value is -5.02. The van der Waals surface area contributed by atoms with Crippen LogP contribution in [0.5, 0.6) is 17.2 Å². The molecule has 38 heavy (non-hydrogen) atoms. The normalized spacial score (nSPS) is 10.8. The Bertz CT molecular complexity index is 1410. The van der Waals surface area contributed by atoms with E-state index >= 15 is 0 Å². The Morgan fingerprint density at radius 2 is 1.45 bits per heavy atom. The summed E-state index contributed by atoms with van der Waals surface area (Å²) < 4.78 is 17.3. The molecule has 1 N–H and O–H groups in total. The fraction of sp³-hybridized carbons (Fsp3) is 0.125. The van der Waals surface area contributed by atoms with Crippen LogP contribution in [0.1, 0.15) is 22.3 Å². The lowest BCUT2D eigenvalue weighted by atomic mass is 10.1. The number of hydrogen-bond acceptors (Lipinski definition) is 5. The number of hydrogen-bond donors (Lipinski definition) is 1. The van der Waals surface area contributed by atoms with E-state index in [2.05, 4.69) is 5.32 Å². The van der Waals surface area contributed by atoms with E-state index in [1.54, 1.807) is 37.5 Å². The molecule has 0 spiro atoms. The molecule has 0 saturated heterocycles. The maximum absolute atomic E-state index is 12.4. The maximum atomic E-state index is 12.4. The molecule has 0 fully saturated rings. The Labute approximate surface area is 222 Å². The Morgan fingerprint density at radius 1 is 0.789 bits per heavy atom. The van der Waals surface area contributed by atoms with Crippen LogP contribution in [0.4, 0.5) is 0 Å². The zero-order valence-corrected chi connectivity index (χ0v) is 21.1. The van der Waals surface area contributed by atoms with Crippen molar-refractivity contribution in [1.29, 1.82) is 5.26 Å². The van der Waals surface area contributed by atoms with Gasteiger partial charge in [-0.2, -0.15) is 5.26 Å². The van der Waals surface area contributed by atoms with Gasteiger partial charge in [0.05, 0.1) is 7.11 Å². The van der Waals surface area contributed by atoms with E-state index in [4.69, 9.17) is 14.2 Å². The van der Waals surface area contributed by atoms with Crippen molar-refractivity contribution in [3.8, 4) is 23.3 Å². The highest BCUT2D eigenvalue weighted by atomic mass is 16.5. The molecule has 4 aromatic rings. The number of rotatable bonds is 11. The summed E-state index contributed by atoms with van der Waals surface area (Å²) in [7, 11) is 1.61. The molecule has 6 nitrogen and oxygen atoms in total. The minimum absolute atomic E-state index is 0.0382. The second-order valence-corrected chi connectivity index (χ2v) is 8.46. The fourth-order valence-corrected chi connectivity index (χ4v) is 3.67. The lowest BCUT2D eigenvalue weighted by Gasteiger charge is -2.13. The van der Waals surface area contributed by atoms with Gasteiger partial charge in [-0.05, 0) is 52.6 Å². The summed E-state index contributed by atoms with van der Waals surface area (Å²) in [4.78, 5) is 12.4. The summed E-state index contributed by atoms with van der Waals surface area (Å²) in [5.74, 6) is 1.55. The summed E-state index contributed by atoms with van der Waals surface area (Å²) in [5, 5.41) is 12.2. The Balaban J connectivity index is 1.32. The molecule has 4 aromatic carbocycles. The first-order valence-corrected chi connectivity index (χ1v) is 12.1. The third-order valence-corrected chi connectivity index (χ3v) is 5.72. The molecule has 4 rings (SSSR count). The van der Waals surface area contributed by atoms with Gasteiger partial charge in [-0.15, -0.1) is 0 Å². The number of nitrogens with one attached hydrogen (secondary N) is 1. The van der Waals surface area contributed by atoms with Gasteiger partial charge < -0.3 is 19.5 Å². The number of carbonyl (C=O) groups excluding carboxylic acids is 1. The van der Waals surface area contributed by atoms with Crippen molar-refractivity contribution in [3.05, 3.63) is 131 Å². The predicted octanol–water partition coefficient (Wildman–Crippen LogP) is 6.08. The van der Waals surface area contributed by atoms with Crippen molar-refractivity contribution in [2.75, 3.05) is 7.11 Å². The van der Waals surface area contributed by atoms with Gasteiger partial charge in [0, 0.05) is 6.54 Å². The topological polar surface area (TPSA) is 80.6 Å². The van der Waals surface area contributed by atoms with Crippen LogP contribution in [0, 0.1) is 11.3 Å². The van der Waals surface area contributed by atoms with Crippen LogP contribution < -0.4 is 19.5 Å². The number of amides is 1. The van der Waals surface area contributed by atoms with Crippen LogP contribution in [-0.4, -0.2) is 13.0 Å². The smallest absolute Gasteiger partial charge is 0.262 e. The van der Waals surface area contributed by atoms with E-state index in [0.717, 1.165) is 22.3 Å². The largest absolute Gasteiger partial charge is 0.493 e. The summed E-state index contributed by atoms with van der Waals surface area (Å²) in [6.07, 6.45) is 1.56. The molecule has 0 aliphatic heterocycles. The highest BCUT2D eigenvalue weighted by molar-refractivity contribution is 6.01. The predicted molar refractivity (Wildman–Crippen MR) is 146 cm³/mol. The van der Waals surface area contributed by atoms with Crippen molar-refractivity contribution in [3.63, 3.8) is 0 Å². The Kier molecular flexibility index (Phi) is 9.14. The molecule has 1 amide bonds. The van der Waals surface area contributed by atoms with Gasteiger partial charge in [0.25, 0.3) is 5.91 Å². The summed E-state index contributed by atoms with van der Waals surface area (Å²) in [6, 6.07) is 34.4. The van der Waals surface area contributed by atoms with E-state index in [9.17, 15) is 10.1 Å². The third kappa shape index (κ3) is 7.49. The van der Waals surface area contributed by atoms with E-state index in [1.807, 2.05) is 84.9 Å². The summed E-state index contributed by atoms with van der Waals surface area (Å²) in [5.41, 5.74) is 3.74. The number of nitrogens with zero attached hydrogens (tertiary/aromatic N) is 1. The number of benzene rings is 4. The van der Waals surface area contributed by atoms with Crippen LogP contribution >= 0.6 is 0 Å². The second-order valence-electron chi connectivity index (χ2n) is 8.46. The van der Waals surface area contributed by atoms with Gasteiger partial charge in [-0.25, -0.2) is 0 Å². The monoisotopic (exact) mass is 504 g/mol. The zero-order valence-electron chi connectivity index (χ0n) is 21.1. The van der Waals surface area contributed by atoms with E-state index in [0.29, 0.717) is 37.0 Å². The Morgan fingerprint density at radius 3 is 2.11 bits per heavy atom. The SMILES string of the molecule is COc1cc(COc2ccc(/C=C(\C#N)C(=O)NCc3ccccc3)cc2)ccc1OCc1ccccc1. The second kappa shape index (κ2) is 13.3. The van der Waals surface area contributed by atoms with Crippen LogP contribution in [0.3, 0.4) is 0 Å². The maximum Gasteiger partial charge on any atom is 0.262 e. The lowest BCUT2D eigenvalue weighted by Crippen LogP contribution is -2.23. The van der Waals surface area contributed by atoms with Crippen molar-refractivity contribution in [2.24, 2.45) is 0 Å². The van der Waals surface area contributed by atoms with Crippen LogP contribution in [0.2, 0.25) is 0 Å². The minimum atomic E-state index is -0.415. The van der Waals surface area contributed by atoms with Crippen molar-refractivity contribution >= 4 is 12.0 Å². The average molecular weight is 505 g/mol. The van der Waals surface area contributed by atoms with Crippen molar-refractivity contribution < 1.29 is 19.0 Å². The number of ether oxygens (including phenoxy) is 3. The van der Waals surface area contributed by atoms with Gasteiger partial charge in [0.1, 0.15) is 30.6 Å². The van der Waals surface area contributed by atoms with Gasteiger partial charge in [0.15, 0.2) is 11.5 Å². The first kappa shape index (κ1) is 26.1. The molecule has 0 aromatic heterocycles. The molecule has 6 heteroatoms. The van der Waals surface area contributed by atoms with Gasteiger partial charge >= 0.3 is 0 Å². The van der Waals surface area contributed by atoms with Crippen molar-refractivity contribution in [2.45, 2.75) is 19.8 Å². The molecule has 0 bridgehead atoms. The average Bonchev–Trinajstić information content (AvgIpc) is 2.98. The van der Waals surface area contributed by atoms with Crippen molar-refractivity contribution in [1.82, 2.24) is 5.32 Å². The highest BCUT2D eigenvalue weighted by Gasteiger charge is 2.10. The first-order valence-electron chi connectivity index (χ1n) is 12.1.